The van der Waals surface area contributed by atoms with Crippen molar-refractivity contribution in [1.82, 2.24) is 0 Å². The lowest BCUT2D eigenvalue weighted by molar-refractivity contribution is 0.415. The molecule has 0 aliphatic carbocycles. The molecule has 0 saturated carbocycles. The van der Waals surface area contributed by atoms with Gasteiger partial charge >= 0.3 is 0 Å². The third-order valence-corrected chi connectivity index (χ3v) is 6.05. The van der Waals surface area contributed by atoms with E-state index in [-0.39, 0.29) is 0 Å². The van der Waals surface area contributed by atoms with E-state index in [0.29, 0.717) is 0 Å². The second-order valence-electron chi connectivity index (χ2n) is 8.18. The summed E-state index contributed by atoms with van der Waals surface area (Å²) in [5.41, 5.74) is 9.08. The molecule has 0 atom stereocenters. The average Bonchev–Trinajstić information content (AvgIpc) is 2.93. The Morgan fingerprint density at radius 2 is 0.706 bits per heavy atom. The van der Waals surface area contributed by atoms with Crippen LogP contribution in [0.2, 0.25) is 0 Å². The van der Waals surface area contributed by atoms with Gasteiger partial charge in [-0.25, -0.2) is 0 Å². The van der Waals surface area contributed by atoms with E-state index in [1.165, 1.54) is 0 Å². The summed E-state index contributed by atoms with van der Waals surface area (Å²) in [6.45, 7) is 0. The molecule has 0 amide bonds. The van der Waals surface area contributed by atoms with Crippen LogP contribution in [0.3, 0.4) is 0 Å². The van der Waals surface area contributed by atoms with Gasteiger partial charge in [0.25, 0.3) is 0 Å². The van der Waals surface area contributed by atoms with Gasteiger partial charge in [-0.1, -0.05) is 84.9 Å². The Hall–Kier alpha value is -4.30. The van der Waals surface area contributed by atoms with Gasteiger partial charge in [-0.05, 0) is 80.9 Å². The van der Waals surface area contributed by atoms with Crippen LogP contribution < -0.4 is 9.47 Å². The molecule has 0 N–H and O–H groups in total. The monoisotopic (exact) mass is 442 g/mol. The van der Waals surface area contributed by atoms with Crippen molar-refractivity contribution in [2.75, 3.05) is 14.2 Å². The van der Waals surface area contributed by atoms with Gasteiger partial charge in [0.1, 0.15) is 11.5 Å². The van der Waals surface area contributed by atoms with E-state index >= 15 is 0 Å². The van der Waals surface area contributed by atoms with Crippen molar-refractivity contribution in [3.05, 3.63) is 121 Å². The maximum atomic E-state index is 5.68. The maximum absolute atomic E-state index is 5.68. The molecule has 0 radical (unpaired) electrons. The minimum atomic E-state index is 0.835. The number of benzene rings is 5. The predicted octanol–water partition coefficient (Wildman–Crippen LogP) is 8.37. The Bertz CT molecular complexity index is 1300. The molecule has 0 fully saturated rings. The lowest BCUT2D eigenvalue weighted by Crippen LogP contribution is -1.91. The van der Waals surface area contributed by atoms with Crippen LogP contribution in [0.1, 0.15) is 0 Å². The Morgan fingerprint density at radius 1 is 0.353 bits per heavy atom. The first-order chi connectivity index (χ1) is 16.7. The Morgan fingerprint density at radius 3 is 1.09 bits per heavy atom. The number of ether oxygens (including phenoxy) is 2. The average molecular weight is 443 g/mol. The molecule has 0 aromatic heterocycles. The molecular formula is C32H26O2. The highest BCUT2D eigenvalue weighted by Crippen LogP contribution is 2.39. The van der Waals surface area contributed by atoms with E-state index in [1.807, 2.05) is 12.1 Å². The number of methoxy groups -OCH3 is 2. The van der Waals surface area contributed by atoms with Crippen molar-refractivity contribution in [3.8, 4) is 56.0 Å². The zero-order chi connectivity index (χ0) is 23.3. The van der Waals surface area contributed by atoms with E-state index in [9.17, 15) is 0 Å². The third kappa shape index (κ3) is 4.44. The second kappa shape index (κ2) is 9.68. The normalized spacial score (nSPS) is 10.6. The van der Waals surface area contributed by atoms with Crippen molar-refractivity contribution in [1.29, 1.82) is 0 Å². The largest absolute Gasteiger partial charge is 0.497 e. The molecule has 5 rings (SSSR count). The first-order valence-corrected chi connectivity index (χ1v) is 11.3. The molecule has 0 unspecified atom stereocenters. The fourth-order valence-electron chi connectivity index (χ4n) is 4.33. The maximum Gasteiger partial charge on any atom is 0.120 e. The van der Waals surface area contributed by atoms with Gasteiger partial charge in [0, 0.05) is 0 Å². The smallest absolute Gasteiger partial charge is 0.120 e. The summed E-state index contributed by atoms with van der Waals surface area (Å²) in [6, 6.07) is 42.1. The van der Waals surface area contributed by atoms with Crippen LogP contribution in [0.25, 0.3) is 44.5 Å². The molecule has 0 aliphatic rings. The molecule has 0 saturated heterocycles. The molecule has 2 nitrogen and oxygen atoms in total. The summed E-state index contributed by atoms with van der Waals surface area (Å²) >= 11 is 0. The summed E-state index contributed by atoms with van der Waals surface area (Å²) in [6.07, 6.45) is 0. The SMILES string of the molecule is COc1cc(-c2ccccc2)cc(-c2ccccc2-c2cc(OC)cc(-c3ccccc3)c2)c1. The van der Waals surface area contributed by atoms with Crippen LogP contribution in [-0.4, -0.2) is 14.2 Å². The molecule has 2 heteroatoms. The van der Waals surface area contributed by atoms with Crippen LogP contribution in [0.5, 0.6) is 11.5 Å². The third-order valence-electron chi connectivity index (χ3n) is 6.05. The zero-order valence-corrected chi connectivity index (χ0v) is 19.4. The van der Waals surface area contributed by atoms with E-state index < -0.39 is 0 Å². The lowest BCUT2D eigenvalue weighted by Gasteiger charge is -2.15. The Labute approximate surface area is 201 Å². The summed E-state index contributed by atoms with van der Waals surface area (Å²) in [5.74, 6) is 1.67. The molecule has 0 heterocycles. The van der Waals surface area contributed by atoms with E-state index in [0.717, 1.165) is 56.0 Å². The minimum Gasteiger partial charge on any atom is -0.497 e. The summed E-state index contributed by atoms with van der Waals surface area (Å²) in [4.78, 5) is 0. The minimum absolute atomic E-state index is 0.835. The molecule has 0 bridgehead atoms. The van der Waals surface area contributed by atoms with Crippen molar-refractivity contribution < 1.29 is 9.47 Å². The standard InChI is InChI=1S/C32H26O2/c1-33-29-19-25(23-11-5-3-6-12-23)17-27(21-29)31-15-9-10-16-32(31)28-18-26(20-30(22-28)34-2)24-13-7-4-8-14-24/h3-22H,1-2H3. The van der Waals surface area contributed by atoms with E-state index in [1.54, 1.807) is 14.2 Å². The van der Waals surface area contributed by atoms with E-state index in [4.69, 9.17) is 9.47 Å². The summed E-state index contributed by atoms with van der Waals surface area (Å²) in [5, 5.41) is 0. The molecule has 34 heavy (non-hydrogen) atoms. The second-order valence-corrected chi connectivity index (χ2v) is 8.18. The first-order valence-electron chi connectivity index (χ1n) is 11.3. The number of hydrogen-bond acceptors (Lipinski definition) is 2. The van der Waals surface area contributed by atoms with Crippen LogP contribution >= 0.6 is 0 Å². The number of rotatable bonds is 6. The quantitative estimate of drug-likeness (QED) is 0.263. The number of hydrogen-bond donors (Lipinski definition) is 0. The molecule has 166 valence electrons. The Balaban J connectivity index is 1.68. The zero-order valence-electron chi connectivity index (χ0n) is 19.4. The lowest BCUT2D eigenvalue weighted by atomic mass is 9.91. The first kappa shape index (κ1) is 21.5. The topological polar surface area (TPSA) is 18.5 Å². The van der Waals surface area contributed by atoms with E-state index in [2.05, 4.69) is 109 Å². The highest BCUT2D eigenvalue weighted by Gasteiger charge is 2.13. The van der Waals surface area contributed by atoms with Gasteiger partial charge in [0.05, 0.1) is 14.2 Å². The summed E-state index contributed by atoms with van der Waals surface area (Å²) in [7, 11) is 3.43. The van der Waals surface area contributed by atoms with Gasteiger partial charge in [0.2, 0.25) is 0 Å². The van der Waals surface area contributed by atoms with Crippen molar-refractivity contribution in [2.24, 2.45) is 0 Å². The van der Waals surface area contributed by atoms with Crippen molar-refractivity contribution in [3.63, 3.8) is 0 Å². The van der Waals surface area contributed by atoms with Gasteiger partial charge in [0.15, 0.2) is 0 Å². The molecular weight excluding hydrogens is 416 g/mol. The molecule has 0 spiro atoms. The predicted molar refractivity (Wildman–Crippen MR) is 141 cm³/mol. The summed E-state index contributed by atoms with van der Waals surface area (Å²) < 4.78 is 11.4. The van der Waals surface area contributed by atoms with Crippen LogP contribution in [0.15, 0.2) is 121 Å². The fourth-order valence-corrected chi connectivity index (χ4v) is 4.33. The van der Waals surface area contributed by atoms with Gasteiger partial charge in [-0.3, -0.25) is 0 Å². The highest BCUT2D eigenvalue weighted by atomic mass is 16.5. The molecule has 5 aromatic carbocycles. The fraction of sp³-hybridized carbons (Fsp3) is 0.0625. The van der Waals surface area contributed by atoms with Gasteiger partial charge in [-0.2, -0.15) is 0 Å². The van der Waals surface area contributed by atoms with Crippen molar-refractivity contribution >= 4 is 0 Å². The van der Waals surface area contributed by atoms with Crippen LogP contribution in [0.4, 0.5) is 0 Å². The van der Waals surface area contributed by atoms with Crippen molar-refractivity contribution in [2.45, 2.75) is 0 Å². The molecule has 0 aliphatic heterocycles. The Kier molecular flexibility index (Phi) is 6.13. The van der Waals surface area contributed by atoms with Crippen LogP contribution in [0, 0.1) is 0 Å². The highest BCUT2D eigenvalue weighted by molar-refractivity contribution is 5.88. The van der Waals surface area contributed by atoms with Crippen LogP contribution in [-0.2, 0) is 0 Å². The van der Waals surface area contributed by atoms with Gasteiger partial charge in [-0.15, -0.1) is 0 Å². The molecule has 5 aromatic rings. The van der Waals surface area contributed by atoms with Gasteiger partial charge < -0.3 is 9.47 Å².